The number of rotatable bonds is 6. The van der Waals surface area contributed by atoms with E-state index in [-0.39, 0.29) is 22.5 Å². The van der Waals surface area contributed by atoms with Crippen molar-refractivity contribution in [1.82, 2.24) is 4.90 Å². The number of nitrogens with zero attached hydrogens (tertiary/aromatic N) is 1. The van der Waals surface area contributed by atoms with Crippen LogP contribution >= 0.6 is 0 Å². The van der Waals surface area contributed by atoms with Crippen molar-refractivity contribution in [2.75, 3.05) is 18.3 Å². The lowest BCUT2D eigenvalue weighted by molar-refractivity contribution is 0.0748. The van der Waals surface area contributed by atoms with Gasteiger partial charge in [0.05, 0.1) is 4.90 Å². The number of aryl methyl sites for hydroxylation is 1. The first kappa shape index (κ1) is 19.9. The highest BCUT2D eigenvalue weighted by molar-refractivity contribution is 7.92. The average molecular weight is 379 g/mol. The van der Waals surface area contributed by atoms with E-state index < -0.39 is 15.8 Å². The largest absolute Gasteiger partial charge is 0.338 e. The molecule has 2 rings (SSSR count). The Bertz CT molecular complexity index is 916. The Hall–Kier alpha value is -2.45. The van der Waals surface area contributed by atoms with Crippen LogP contribution in [0.5, 0.6) is 0 Å². The van der Waals surface area contributed by atoms with E-state index in [0.717, 1.165) is 6.07 Å². The lowest BCUT2D eigenvalue weighted by atomic mass is 10.1. The summed E-state index contributed by atoms with van der Waals surface area (Å²) < 4.78 is 40.9. The van der Waals surface area contributed by atoms with Crippen LogP contribution in [-0.2, 0) is 10.0 Å². The number of halogens is 1. The van der Waals surface area contributed by atoms with E-state index in [1.54, 1.807) is 26.1 Å². The summed E-state index contributed by atoms with van der Waals surface area (Å²) in [6, 6.07) is 9.64. The molecule has 26 heavy (non-hydrogen) atoms. The van der Waals surface area contributed by atoms with Gasteiger partial charge in [0.2, 0.25) is 0 Å². The second-order valence-electron chi connectivity index (χ2n) is 6.10. The lowest BCUT2D eigenvalue weighted by Crippen LogP contribution is -2.39. The summed E-state index contributed by atoms with van der Waals surface area (Å²) in [7, 11) is -2.34. The maximum Gasteiger partial charge on any atom is 0.261 e. The quantitative estimate of drug-likeness (QED) is 0.806. The Morgan fingerprint density at radius 3 is 2.58 bits per heavy atom. The van der Waals surface area contributed by atoms with Gasteiger partial charge in [0.25, 0.3) is 15.9 Å². The van der Waals surface area contributed by atoms with Crippen LogP contribution in [0.25, 0.3) is 0 Å². The number of amides is 1. The van der Waals surface area contributed by atoms with Gasteiger partial charge < -0.3 is 10.6 Å². The van der Waals surface area contributed by atoms with Crippen LogP contribution in [0.3, 0.4) is 0 Å². The van der Waals surface area contributed by atoms with Crippen molar-refractivity contribution in [2.24, 2.45) is 5.73 Å². The van der Waals surface area contributed by atoms with Gasteiger partial charge in [-0.2, -0.15) is 0 Å². The van der Waals surface area contributed by atoms with Gasteiger partial charge in [-0.3, -0.25) is 9.52 Å². The van der Waals surface area contributed by atoms with Gasteiger partial charge in [0, 0.05) is 30.9 Å². The summed E-state index contributed by atoms with van der Waals surface area (Å²) in [5, 5.41) is 0. The highest BCUT2D eigenvalue weighted by atomic mass is 32.2. The van der Waals surface area contributed by atoms with E-state index >= 15 is 0 Å². The minimum atomic E-state index is -3.97. The molecular formula is C18H22FN3O3S. The van der Waals surface area contributed by atoms with E-state index in [9.17, 15) is 17.6 Å². The summed E-state index contributed by atoms with van der Waals surface area (Å²) in [5.74, 6) is -0.875. The van der Waals surface area contributed by atoms with E-state index in [2.05, 4.69) is 4.72 Å². The van der Waals surface area contributed by atoms with Gasteiger partial charge in [-0.1, -0.05) is 12.1 Å². The highest BCUT2D eigenvalue weighted by Gasteiger charge is 2.19. The number of likely N-dealkylation sites (N-methyl/N-ethyl adjacent to an activating group) is 1. The third kappa shape index (κ3) is 4.39. The van der Waals surface area contributed by atoms with Gasteiger partial charge in [-0.25, -0.2) is 12.8 Å². The molecule has 0 radical (unpaired) electrons. The maximum atomic E-state index is 13.7. The van der Waals surface area contributed by atoms with Crippen LogP contribution in [0.2, 0.25) is 0 Å². The molecule has 2 aromatic carbocycles. The molecule has 6 nitrogen and oxygen atoms in total. The molecule has 1 unspecified atom stereocenters. The van der Waals surface area contributed by atoms with Crippen LogP contribution in [0, 0.1) is 12.7 Å². The Morgan fingerprint density at radius 1 is 1.27 bits per heavy atom. The van der Waals surface area contributed by atoms with Crippen LogP contribution in [0.4, 0.5) is 10.1 Å². The first-order valence-corrected chi connectivity index (χ1v) is 9.50. The van der Waals surface area contributed by atoms with Crippen molar-refractivity contribution in [2.45, 2.75) is 24.8 Å². The molecule has 0 aliphatic heterocycles. The fourth-order valence-corrected chi connectivity index (χ4v) is 3.29. The normalized spacial score (nSPS) is 12.5. The number of carbonyl (C=O) groups excluding carboxylic acids is 1. The molecule has 3 N–H and O–H groups in total. The first-order valence-electron chi connectivity index (χ1n) is 8.02. The maximum absolute atomic E-state index is 13.7. The lowest BCUT2D eigenvalue weighted by Gasteiger charge is -2.23. The Balaban J connectivity index is 2.27. The van der Waals surface area contributed by atoms with Gasteiger partial charge in [0.1, 0.15) is 5.82 Å². The standard InChI is InChI=1S/C18H22FN3O3S/c1-12-7-8-16(10-17(12)19)26(24,25)21-15-6-4-5-14(9-15)18(23)22(3)13(2)11-20/h4-10,13,21H,11,20H2,1-3H3. The Kier molecular flexibility index (Phi) is 5.99. The Labute approximate surface area is 152 Å². The van der Waals surface area contributed by atoms with Crippen LogP contribution in [0.15, 0.2) is 47.4 Å². The number of carbonyl (C=O) groups is 1. The number of anilines is 1. The van der Waals surface area contributed by atoms with Gasteiger partial charge in [-0.05, 0) is 49.7 Å². The zero-order valence-electron chi connectivity index (χ0n) is 14.9. The van der Waals surface area contributed by atoms with Crippen LogP contribution < -0.4 is 10.5 Å². The van der Waals surface area contributed by atoms with Crippen LogP contribution in [0.1, 0.15) is 22.8 Å². The summed E-state index contributed by atoms with van der Waals surface area (Å²) in [6.45, 7) is 3.68. The molecular weight excluding hydrogens is 357 g/mol. The number of hydrogen-bond acceptors (Lipinski definition) is 4. The zero-order chi connectivity index (χ0) is 19.5. The number of sulfonamides is 1. The molecule has 0 fully saturated rings. The number of nitrogens with one attached hydrogen (secondary N) is 1. The van der Waals surface area contributed by atoms with Crippen molar-refractivity contribution < 1.29 is 17.6 Å². The van der Waals surface area contributed by atoms with E-state index in [1.165, 1.54) is 29.2 Å². The molecule has 0 spiro atoms. The summed E-state index contributed by atoms with van der Waals surface area (Å²) in [6.07, 6.45) is 0. The smallest absolute Gasteiger partial charge is 0.261 e. The number of nitrogens with two attached hydrogens (primary N) is 1. The van der Waals surface area contributed by atoms with Crippen molar-refractivity contribution in [3.05, 3.63) is 59.4 Å². The fourth-order valence-electron chi connectivity index (χ4n) is 2.23. The van der Waals surface area contributed by atoms with E-state index in [0.29, 0.717) is 17.7 Å². The second kappa shape index (κ2) is 7.84. The first-order chi connectivity index (χ1) is 12.2. The minimum Gasteiger partial charge on any atom is -0.338 e. The predicted octanol–water partition coefficient (Wildman–Crippen LogP) is 2.35. The van der Waals surface area contributed by atoms with E-state index in [1.807, 2.05) is 6.92 Å². The molecule has 0 heterocycles. The summed E-state index contributed by atoms with van der Waals surface area (Å²) in [4.78, 5) is 13.8. The van der Waals surface area contributed by atoms with Crippen LogP contribution in [-0.4, -0.2) is 38.9 Å². The van der Waals surface area contributed by atoms with Gasteiger partial charge in [0.15, 0.2) is 0 Å². The topological polar surface area (TPSA) is 92.5 Å². The minimum absolute atomic E-state index is 0.154. The summed E-state index contributed by atoms with van der Waals surface area (Å²) in [5.41, 5.74) is 6.46. The SMILES string of the molecule is Cc1ccc(S(=O)(=O)Nc2cccc(C(=O)N(C)C(C)CN)c2)cc1F. The fraction of sp³-hybridized carbons (Fsp3) is 0.278. The Morgan fingerprint density at radius 2 is 1.96 bits per heavy atom. The predicted molar refractivity (Wildman–Crippen MR) is 99.0 cm³/mol. The molecule has 1 amide bonds. The van der Waals surface area contributed by atoms with Gasteiger partial charge >= 0.3 is 0 Å². The molecule has 8 heteroatoms. The van der Waals surface area contributed by atoms with E-state index in [4.69, 9.17) is 5.73 Å². The molecule has 140 valence electrons. The van der Waals surface area contributed by atoms with Crippen molar-refractivity contribution in [1.29, 1.82) is 0 Å². The molecule has 0 aliphatic carbocycles. The average Bonchev–Trinajstić information content (AvgIpc) is 2.61. The molecule has 0 aromatic heterocycles. The number of benzene rings is 2. The molecule has 0 saturated heterocycles. The summed E-state index contributed by atoms with van der Waals surface area (Å²) >= 11 is 0. The third-order valence-electron chi connectivity index (χ3n) is 4.14. The molecule has 0 aliphatic rings. The monoisotopic (exact) mass is 379 g/mol. The van der Waals surface area contributed by atoms with Crippen molar-refractivity contribution >= 4 is 21.6 Å². The van der Waals surface area contributed by atoms with Crippen molar-refractivity contribution in [3.63, 3.8) is 0 Å². The zero-order valence-corrected chi connectivity index (χ0v) is 15.7. The van der Waals surface area contributed by atoms with Gasteiger partial charge in [-0.15, -0.1) is 0 Å². The second-order valence-corrected chi connectivity index (χ2v) is 7.78. The molecule has 2 aromatic rings. The number of hydrogen-bond donors (Lipinski definition) is 2. The molecule has 0 saturated carbocycles. The van der Waals surface area contributed by atoms with Crippen molar-refractivity contribution in [3.8, 4) is 0 Å². The molecule has 0 bridgehead atoms. The molecule has 1 atom stereocenters. The highest BCUT2D eigenvalue weighted by Crippen LogP contribution is 2.20. The third-order valence-corrected chi connectivity index (χ3v) is 5.52.